The Bertz CT molecular complexity index is 1110. The number of amides is 2. The maximum absolute atomic E-state index is 13.0. The Balaban J connectivity index is 0.00000306. The van der Waals surface area contributed by atoms with E-state index in [-0.39, 0.29) is 19.9 Å². The van der Waals surface area contributed by atoms with Gasteiger partial charge in [0.25, 0.3) is 0 Å². The highest BCUT2D eigenvalue weighted by Crippen LogP contribution is 2.29. The van der Waals surface area contributed by atoms with Crippen molar-refractivity contribution < 1.29 is 19.4 Å². The number of nitrogens with zero attached hydrogens (tertiary/aromatic N) is 5. The van der Waals surface area contributed by atoms with Gasteiger partial charge < -0.3 is 19.6 Å². The van der Waals surface area contributed by atoms with E-state index < -0.39 is 12.0 Å². The third-order valence-corrected chi connectivity index (χ3v) is 5.61. The Morgan fingerprint density at radius 2 is 2.03 bits per heavy atom. The van der Waals surface area contributed by atoms with Crippen LogP contribution in [0.5, 0.6) is 5.88 Å². The van der Waals surface area contributed by atoms with Crippen LogP contribution in [0.1, 0.15) is 37.6 Å². The van der Waals surface area contributed by atoms with Crippen LogP contribution >= 0.6 is 0 Å². The van der Waals surface area contributed by atoms with Gasteiger partial charge in [0.05, 0.1) is 19.6 Å². The van der Waals surface area contributed by atoms with E-state index in [0.717, 1.165) is 29.6 Å². The number of rotatable bonds is 9. The number of pyridine rings is 3. The Morgan fingerprint density at radius 1 is 1.18 bits per heavy atom. The minimum Gasteiger partial charge on any atom is -0.481 e. The van der Waals surface area contributed by atoms with E-state index in [1.807, 2.05) is 24.3 Å². The number of carbonyl (C=O) groups excluding carboxylic acids is 1. The summed E-state index contributed by atoms with van der Waals surface area (Å²) in [5.74, 6) is -0.525. The second kappa shape index (κ2) is 10.7. The fraction of sp³-hybridized carbons (Fsp3) is 0.375. The van der Waals surface area contributed by atoms with Crippen molar-refractivity contribution in [3.05, 3.63) is 60.0 Å². The highest BCUT2D eigenvalue weighted by atomic mass is 16.5. The van der Waals surface area contributed by atoms with Crippen molar-refractivity contribution in [3.8, 4) is 5.88 Å². The first-order chi connectivity index (χ1) is 15.5. The normalized spacial score (nSPS) is 14.3. The number of urea groups is 1. The van der Waals surface area contributed by atoms with E-state index >= 15 is 0 Å². The lowest BCUT2D eigenvalue weighted by molar-refractivity contribution is -0.138. The first kappa shape index (κ1) is 23.9. The SMILES string of the molecule is C.COc1ccc([C@H](CC(=O)O)N2CCN(CCCc3ccc4cccnc4n3)C2=O)cn1. The topological polar surface area (TPSA) is 109 Å². The van der Waals surface area contributed by atoms with Crippen LogP contribution in [0.3, 0.4) is 0 Å². The number of hydrogen-bond acceptors (Lipinski definition) is 6. The Labute approximate surface area is 193 Å². The summed E-state index contributed by atoms with van der Waals surface area (Å²) in [6.07, 6.45) is 4.61. The maximum atomic E-state index is 13.0. The number of carboxylic acid groups (broad SMARTS) is 1. The minimum atomic E-state index is -0.965. The van der Waals surface area contributed by atoms with Crippen molar-refractivity contribution >= 4 is 23.0 Å². The molecule has 1 atom stereocenters. The van der Waals surface area contributed by atoms with Gasteiger partial charge in [0, 0.05) is 49.2 Å². The van der Waals surface area contributed by atoms with E-state index in [4.69, 9.17) is 4.74 Å². The molecule has 1 aliphatic rings. The van der Waals surface area contributed by atoms with Gasteiger partial charge in [-0.2, -0.15) is 0 Å². The molecule has 1 saturated heterocycles. The summed E-state index contributed by atoms with van der Waals surface area (Å²) in [5.41, 5.74) is 2.34. The zero-order chi connectivity index (χ0) is 22.5. The molecule has 0 radical (unpaired) electrons. The van der Waals surface area contributed by atoms with Crippen LogP contribution in [-0.4, -0.2) is 68.6 Å². The standard InChI is InChI=1S/C23H25N5O4.CH4/c1-32-20-9-7-17(15-25-20)19(14-21(29)30)28-13-12-27(23(28)31)11-3-5-18-8-6-16-4-2-10-24-22(16)26-18;/h2,4,6-10,15,19H,3,5,11-14H2,1H3,(H,29,30);1H4/t19-;/m0./s1. The predicted octanol–water partition coefficient (Wildman–Crippen LogP) is 3.56. The molecule has 0 aromatic carbocycles. The van der Waals surface area contributed by atoms with Crippen LogP contribution in [0.25, 0.3) is 11.0 Å². The molecule has 1 fully saturated rings. The molecule has 0 aliphatic carbocycles. The first-order valence-electron chi connectivity index (χ1n) is 10.5. The van der Waals surface area contributed by atoms with Gasteiger partial charge in [-0.1, -0.05) is 13.5 Å². The number of aryl methyl sites for hydroxylation is 1. The Hall–Kier alpha value is -3.75. The molecular weight excluding hydrogens is 422 g/mol. The van der Waals surface area contributed by atoms with Crippen LogP contribution < -0.4 is 4.74 Å². The van der Waals surface area contributed by atoms with Crippen molar-refractivity contribution in [3.63, 3.8) is 0 Å². The number of fused-ring (bicyclic) bond motifs is 1. The molecule has 33 heavy (non-hydrogen) atoms. The van der Waals surface area contributed by atoms with Crippen LogP contribution in [0.15, 0.2) is 48.8 Å². The molecule has 2 amide bonds. The van der Waals surface area contributed by atoms with Crippen molar-refractivity contribution in [2.75, 3.05) is 26.7 Å². The average molecular weight is 452 g/mol. The van der Waals surface area contributed by atoms with E-state index in [9.17, 15) is 14.7 Å². The number of carboxylic acids is 1. The summed E-state index contributed by atoms with van der Waals surface area (Å²) in [6.45, 7) is 1.62. The second-order valence-corrected chi connectivity index (χ2v) is 7.67. The third-order valence-electron chi connectivity index (χ3n) is 5.61. The second-order valence-electron chi connectivity index (χ2n) is 7.67. The fourth-order valence-electron chi connectivity index (χ4n) is 3.96. The van der Waals surface area contributed by atoms with Crippen molar-refractivity contribution in [1.82, 2.24) is 24.8 Å². The molecule has 3 aromatic rings. The number of hydrogen-bond donors (Lipinski definition) is 1. The molecule has 4 heterocycles. The predicted molar refractivity (Wildman–Crippen MR) is 124 cm³/mol. The van der Waals surface area contributed by atoms with E-state index in [0.29, 0.717) is 31.1 Å². The summed E-state index contributed by atoms with van der Waals surface area (Å²) in [5, 5.41) is 10.4. The lowest BCUT2D eigenvalue weighted by atomic mass is 10.0. The van der Waals surface area contributed by atoms with Crippen LogP contribution in [-0.2, 0) is 11.2 Å². The zero-order valence-electron chi connectivity index (χ0n) is 17.8. The van der Waals surface area contributed by atoms with Crippen LogP contribution in [0.2, 0.25) is 0 Å². The number of carbonyl (C=O) groups is 2. The van der Waals surface area contributed by atoms with Crippen molar-refractivity contribution in [2.45, 2.75) is 32.7 Å². The number of aliphatic carboxylic acids is 1. The Morgan fingerprint density at radius 3 is 2.76 bits per heavy atom. The Kier molecular flexibility index (Phi) is 7.76. The largest absolute Gasteiger partial charge is 0.481 e. The molecule has 0 saturated carbocycles. The molecule has 1 N–H and O–H groups in total. The monoisotopic (exact) mass is 451 g/mol. The lowest BCUT2D eigenvalue weighted by Crippen LogP contribution is -2.36. The van der Waals surface area contributed by atoms with Gasteiger partial charge in [-0.05, 0) is 42.7 Å². The molecule has 0 bridgehead atoms. The maximum Gasteiger partial charge on any atom is 0.320 e. The van der Waals surface area contributed by atoms with Gasteiger partial charge in [0.2, 0.25) is 5.88 Å². The number of aromatic nitrogens is 3. The van der Waals surface area contributed by atoms with Gasteiger partial charge in [-0.15, -0.1) is 0 Å². The average Bonchev–Trinajstić information content (AvgIpc) is 3.17. The molecular formula is C24H29N5O4. The quantitative estimate of drug-likeness (QED) is 0.530. The van der Waals surface area contributed by atoms with E-state index in [2.05, 4.69) is 15.0 Å². The summed E-state index contributed by atoms with van der Waals surface area (Å²) in [4.78, 5) is 40.9. The molecule has 9 nitrogen and oxygen atoms in total. The fourth-order valence-corrected chi connectivity index (χ4v) is 3.96. The van der Waals surface area contributed by atoms with Gasteiger partial charge in [0.1, 0.15) is 0 Å². The van der Waals surface area contributed by atoms with Gasteiger partial charge in [0.15, 0.2) is 5.65 Å². The number of methoxy groups -OCH3 is 1. The summed E-state index contributed by atoms with van der Waals surface area (Å²) in [7, 11) is 1.52. The third kappa shape index (κ3) is 5.54. The van der Waals surface area contributed by atoms with Crippen LogP contribution in [0, 0.1) is 0 Å². The van der Waals surface area contributed by atoms with E-state index in [1.54, 1.807) is 34.3 Å². The van der Waals surface area contributed by atoms with E-state index in [1.165, 1.54) is 7.11 Å². The van der Waals surface area contributed by atoms with Gasteiger partial charge in [-0.25, -0.2) is 19.7 Å². The molecule has 4 rings (SSSR count). The molecule has 0 spiro atoms. The summed E-state index contributed by atoms with van der Waals surface area (Å²) in [6, 6.07) is 10.6. The molecule has 174 valence electrons. The first-order valence-corrected chi connectivity index (χ1v) is 10.5. The van der Waals surface area contributed by atoms with Gasteiger partial charge in [-0.3, -0.25) is 4.79 Å². The highest BCUT2D eigenvalue weighted by Gasteiger charge is 2.35. The lowest BCUT2D eigenvalue weighted by Gasteiger charge is -2.27. The van der Waals surface area contributed by atoms with Crippen molar-refractivity contribution in [2.24, 2.45) is 0 Å². The molecule has 1 aliphatic heterocycles. The number of ether oxygens (including phenoxy) is 1. The highest BCUT2D eigenvalue weighted by molar-refractivity contribution is 5.78. The summed E-state index contributed by atoms with van der Waals surface area (Å²) >= 11 is 0. The van der Waals surface area contributed by atoms with Crippen LogP contribution in [0.4, 0.5) is 4.79 Å². The molecule has 0 unspecified atom stereocenters. The molecule has 9 heteroatoms. The smallest absolute Gasteiger partial charge is 0.320 e. The molecule has 3 aromatic heterocycles. The van der Waals surface area contributed by atoms with Gasteiger partial charge >= 0.3 is 12.0 Å². The zero-order valence-corrected chi connectivity index (χ0v) is 17.8. The summed E-state index contributed by atoms with van der Waals surface area (Å²) < 4.78 is 5.07. The van der Waals surface area contributed by atoms with Crippen molar-refractivity contribution in [1.29, 1.82) is 0 Å². The minimum absolute atomic E-state index is 0.